The normalized spacial score (nSPS) is 41.6. The van der Waals surface area contributed by atoms with Crippen LogP contribution in [0.5, 0.6) is 0 Å². The summed E-state index contributed by atoms with van der Waals surface area (Å²) < 4.78 is 22.3. The Labute approximate surface area is 73.4 Å². The van der Waals surface area contributed by atoms with Crippen molar-refractivity contribution in [3.8, 4) is 0 Å². The van der Waals surface area contributed by atoms with Crippen LogP contribution in [0.2, 0.25) is 0 Å². The Bertz CT molecular complexity index is 265. The molecule has 0 aromatic carbocycles. The van der Waals surface area contributed by atoms with E-state index in [0.29, 0.717) is 11.8 Å². The second-order valence-corrected chi connectivity index (χ2v) is 5.93. The number of sulfonamides is 1. The van der Waals surface area contributed by atoms with Gasteiger partial charge in [0.15, 0.2) is 0 Å². The molecule has 0 amide bonds. The number of rotatable bonds is 1. The summed E-state index contributed by atoms with van der Waals surface area (Å²) in [5.74, 6) is 1.00. The molecule has 3 nitrogen and oxygen atoms in total. The Morgan fingerprint density at radius 3 is 1.92 bits per heavy atom. The van der Waals surface area contributed by atoms with Crippen LogP contribution in [0.3, 0.4) is 0 Å². The largest absolute Gasteiger partial charge is 0.228 e. The van der Waals surface area contributed by atoms with Gasteiger partial charge < -0.3 is 0 Å². The highest BCUT2D eigenvalue weighted by Gasteiger charge is 2.40. The first kappa shape index (κ1) is 8.51. The summed E-state index contributed by atoms with van der Waals surface area (Å²) in [6.45, 7) is 0. The second-order valence-electron chi connectivity index (χ2n) is 4.14. The molecule has 0 aromatic rings. The van der Waals surface area contributed by atoms with E-state index in [1.165, 1.54) is 12.8 Å². The molecule has 0 aromatic heterocycles. The van der Waals surface area contributed by atoms with E-state index in [4.69, 9.17) is 5.14 Å². The molecular formula is C8H15NO2S. The van der Waals surface area contributed by atoms with Gasteiger partial charge in [0.2, 0.25) is 10.0 Å². The zero-order valence-corrected chi connectivity index (χ0v) is 7.89. The summed E-state index contributed by atoms with van der Waals surface area (Å²) in [4.78, 5) is 0. The van der Waals surface area contributed by atoms with E-state index >= 15 is 0 Å². The van der Waals surface area contributed by atoms with E-state index in [0.717, 1.165) is 19.3 Å². The van der Waals surface area contributed by atoms with Crippen molar-refractivity contribution in [1.82, 2.24) is 0 Å². The maximum absolute atomic E-state index is 11.2. The molecular weight excluding hydrogens is 174 g/mol. The van der Waals surface area contributed by atoms with E-state index in [-0.39, 0.29) is 5.25 Å². The fraction of sp³-hybridized carbons (Fsp3) is 1.00. The first-order valence-electron chi connectivity index (χ1n) is 4.59. The van der Waals surface area contributed by atoms with Crippen molar-refractivity contribution in [2.75, 3.05) is 0 Å². The SMILES string of the molecule is NS(=O)(=O)[C@@H]1CC2CCC1CC2. The van der Waals surface area contributed by atoms with Crippen molar-refractivity contribution in [3.63, 3.8) is 0 Å². The molecule has 2 N–H and O–H groups in total. The zero-order chi connectivity index (χ0) is 8.77. The van der Waals surface area contributed by atoms with E-state index in [2.05, 4.69) is 0 Å². The molecule has 0 radical (unpaired) electrons. The number of hydrogen-bond acceptors (Lipinski definition) is 2. The Morgan fingerprint density at radius 1 is 1.08 bits per heavy atom. The van der Waals surface area contributed by atoms with Crippen molar-refractivity contribution in [1.29, 1.82) is 0 Å². The lowest BCUT2D eigenvalue weighted by atomic mass is 9.70. The molecule has 4 heteroatoms. The smallest absolute Gasteiger partial charge is 0.212 e. The van der Waals surface area contributed by atoms with Crippen molar-refractivity contribution < 1.29 is 8.42 Å². The molecule has 3 fully saturated rings. The Hall–Kier alpha value is -0.0900. The van der Waals surface area contributed by atoms with E-state index < -0.39 is 10.0 Å². The van der Waals surface area contributed by atoms with Gasteiger partial charge >= 0.3 is 0 Å². The molecule has 1 atom stereocenters. The summed E-state index contributed by atoms with van der Waals surface area (Å²) in [6.07, 6.45) is 5.41. The summed E-state index contributed by atoms with van der Waals surface area (Å²) in [5, 5.41) is 4.95. The van der Waals surface area contributed by atoms with Crippen LogP contribution in [0.15, 0.2) is 0 Å². The quantitative estimate of drug-likeness (QED) is 0.665. The Balaban J connectivity index is 2.20. The molecule has 0 heterocycles. The molecule has 3 aliphatic rings. The Morgan fingerprint density at radius 2 is 1.67 bits per heavy atom. The van der Waals surface area contributed by atoms with Gasteiger partial charge in [-0.3, -0.25) is 0 Å². The van der Waals surface area contributed by atoms with E-state index in [1.807, 2.05) is 0 Å². The van der Waals surface area contributed by atoms with Crippen LogP contribution in [0.1, 0.15) is 32.1 Å². The van der Waals surface area contributed by atoms with Gasteiger partial charge in [-0.1, -0.05) is 12.8 Å². The fourth-order valence-electron chi connectivity index (χ4n) is 2.72. The lowest BCUT2D eigenvalue weighted by Gasteiger charge is -2.40. The number of hydrogen-bond donors (Lipinski definition) is 1. The maximum atomic E-state index is 11.2. The topological polar surface area (TPSA) is 60.2 Å². The molecule has 0 aliphatic heterocycles. The monoisotopic (exact) mass is 189 g/mol. The summed E-state index contributed by atoms with van der Waals surface area (Å²) in [5.41, 5.74) is 0. The number of fused-ring (bicyclic) bond motifs is 3. The third kappa shape index (κ3) is 1.38. The lowest BCUT2D eigenvalue weighted by Crippen LogP contribution is -2.43. The molecule has 3 rings (SSSR count). The van der Waals surface area contributed by atoms with Crippen LogP contribution in [-0.2, 0) is 10.0 Å². The van der Waals surface area contributed by atoms with Gasteiger partial charge in [0.25, 0.3) is 0 Å². The molecule has 0 unspecified atom stereocenters. The lowest BCUT2D eigenvalue weighted by molar-refractivity contribution is 0.179. The minimum absolute atomic E-state index is 0.218. The van der Waals surface area contributed by atoms with Crippen molar-refractivity contribution in [2.45, 2.75) is 37.4 Å². The summed E-state index contributed by atoms with van der Waals surface area (Å²) in [6, 6.07) is 0. The number of nitrogens with two attached hydrogens (primary N) is 1. The number of primary sulfonamides is 1. The van der Waals surface area contributed by atoms with Crippen LogP contribution < -0.4 is 5.14 Å². The third-order valence-electron chi connectivity index (χ3n) is 3.40. The van der Waals surface area contributed by atoms with Crippen molar-refractivity contribution >= 4 is 10.0 Å². The van der Waals surface area contributed by atoms with Gasteiger partial charge in [-0.15, -0.1) is 0 Å². The maximum Gasteiger partial charge on any atom is 0.212 e. The average molecular weight is 189 g/mol. The van der Waals surface area contributed by atoms with Crippen LogP contribution in [0.25, 0.3) is 0 Å². The molecule has 70 valence electrons. The van der Waals surface area contributed by atoms with Gasteiger partial charge in [-0.25, -0.2) is 13.6 Å². The third-order valence-corrected chi connectivity index (χ3v) is 4.83. The summed E-state index contributed by atoms with van der Waals surface area (Å²) in [7, 11) is -3.26. The fourth-order valence-corrected chi connectivity index (χ4v) is 4.07. The van der Waals surface area contributed by atoms with E-state index in [9.17, 15) is 8.42 Å². The zero-order valence-electron chi connectivity index (χ0n) is 7.07. The summed E-state index contributed by atoms with van der Waals surface area (Å²) >= 11 is 0. The average Bonchev–Trinajstić information content (AvgIpc) is 2.05. The van der Waals surface area contributed by atoms with Crippen LogP contribution in [0, 0.1) is 11.8 Å². The van der Waals surface area contributed by atoms with Gasteiger partial charge in [0.05, 0.1) is 5.25 Å². The van der Waals surface area contributed by atoms with E-state index in [1.54, 1.807) is 0 Å². The second kappa shape index (κ2) is 2.70. The molecule has 3 saturated carbocycles. The molecule has 0 spiro atoms. The molecule has 3 aliphatic carbocycles. The predicted molar refractivity (Wildman–Crippen MR) is 47.0 cm³/mol. The Kier molecular flexibility index (Phi) is 1.92. The van der Waals surface area contributed by atoms with Crippen LogP contribution >= 0.6 is 0 Å². The van der Waals surface area contributed by atoms with Gasteiger partial charge in [-0.05, 0) is 31.1 Å². The van der Waals surface area contributed by atoms with Crippen molar-refractivity contribution in [2.24, 2.45) is 17.0 Å². The van der Waals surface area contributed by atoms with Crippen LogP contribution in [-0.4, -0.2) is 13.7 Å². The standard InChI is InChI=1S/C8H15NO2S/c9-12(10,11)8-5-6-1-3-7(8)4-2-6/h6-8H,1-5H2,(H2,9,10,11)/t6?,7?,8-/m1/s1. The van der Waals surface area contributed by atoms with Gasteiger partial charge in [-0.2, -0.15) is 0 Å². The molecule has 12 heavy (non-hydrogen) atoms. The van der Waals surface area contributed by atoms with Gasteiger partial charge in [0.1, 0.15) is 0 Å². The van der Waals surface area contributed by atoms with Crippen molar-refractivity contribution in [3.05, 3.63) is 0 Å². The first-order chi connectivity index (χ1) is 5.57. The highest BCUT2D eigenvalue weighted by Crippen LogP contribution is 2.43. The first-order valence-corrected chi connectivity index (χ1v) is 6.20. The minimum Gasteiger partial charge on any atom is -0.228 e. The molecule has 0 saturated heterocycles. The van der Waals surface area contributed by atoms with Crippen LogP contribution in [0.4, 0.5) is 0 Å². The predicted octanol–water partition coefficient (Wildman–Crippen LogP) is 0.854. The van der Waals surface area contributed by atoms with Gasteiger partial charge in [0, 0.05) is 0 Å². The minimum atomic E-state index is -3.26. The highest BCUT2D eigenvalue weighted by atomic mass is 32.2. The highest BCUT2D eigenvalue weighted by molar-refractivity contribution is 7.89. The molecule has 2 bridgehead atoms.